The zero-order valence-corrected chi connectivity index (χ0v) is 18.6. The van der Waals surface area contributed by atoms with Crippen molar-refractivity contribution in [3.05, 3.63) is 48.3 Å². The van der Waals surface area contributed by atoms with Crippen LogP contribution in [0.5, 0.6) is 0 Å². The summed E-state index contributed by atoms with van der Waals surface area (Å²) in [4.78, 5) is 16.1. The molecule has 0 amide bonds. The fourth-order valence-corrected chi connectivity index (χ4v) is 4.74. The smallest absolute Gasteiger partial charge is 0.193 e. The number of anilines is 1. The molecule has 1 saturated heterocycles. The van der Waals surface area contributed by atoms with E-state index in [0.29, 0.717) is 35.9 Å². The quantitative estimate of drug-likeness (QED) is 0.505. The summed E-state index contributed by atoms with van der Waals surface area (Å²) in [5, 5.41) is 7.93. The molecule has 4 aromatic heterocycles. The fourth-order valence-electron chi connectivity index (χ4n) is 3.92. The molecule has 164 valence electrons. The van der Waals surface area contributed by atoms with Crippen LogP contribution in [0.1, 0.15) is 5.56 Å². The van der Waals surface area contributed by atoms with Crippen LogP contribution in [0.4, 0.5) is 5.82 Å². The van der Waals surface area contributed by atoms with E-state index in [2.05, 4.69) is 26.1 Å². The maximum atomic E-state index is 12.4. The maximum Gasteiger partial charge on any atom is 0.193 e. The molecule has 10 heteroatoms. The summed E-state index contributed by atoms with van der Waals surface area (Å²) in [6, 6.07) is 9.18. The molecule has 0 aromatic carbocycles. The van der Waals surface area contributed by atoms with Crippen LogP contribution in [-0.4, -0.2) is 66.1 Å². The van der Waals surface area contributed by atoms with E-state index in [9.17, 15) is 8.42 Å². The summed E-state index contributed by atoms with van der Waals surface area (Å²) >= 11 is 0. The number of hydrogen-bond acceptors (Lipinski definition) is 8. The first-order valence-electron chi connectivity index (χ1n) is 10.2. The highest BCUT2D eigenvalue weighted by Gasteiger charge is 2.21. The lowest BCUT2D eigenvalue weighted by atomic mass is 10.0. The van der Waals surface area contributed by atoms with Gasteiger partial charge in [0.05, 0.1) is 24.6 Å². The normalized spacial score (nSPS) is 14.8. The summed E-state index contributed by atoms with van der Waals surface area (Å²) in [5.74, 6) is 0.867. The molecule has 5 heterocycles. The van der Waals surface area contributed by atoms with E-state index in [1.807, 2.05) is 19.1 Å². The van der Waals surface area contributed by atoms with Crippen LogP contribution in [0.2, 0.25) is 0 Å². The van der Waals surface area contributed by atoms with E-state index in [1.165, 1.54) is 6.20 Å². The first-order chi connectivity index (χ1) is 15.4. The number of fused-ring (bicyclic) bond motifs is 1. The number of H-pyrrole nitrogens is 1. The molecule has 0 radical (unpaired) electrons. The van der Waals surface area contributed by atoms with Gasteiger partial charge in [-0.1, -0.05) is 0 Å². The van der Waals surface area contributed by atoms with Gasteiger partial charge in [0.15, 0.2) is 14.9 Å². The molecule has 9 nitrogen and oxygen atoms in total. The Kier molecular flexibility index (Phi) is 5.10. The van der Waals surface area contributed by atoms with Gasteiger partial charge in [-0.2, -0.15) is 5.10 Å². The number of hydrogen-bond donors (Lipinski definition) is 1. The van der Waals surface area contributed by atoms with E-state index >= 15 is 0 Å². The lowest BCUT2D eigenvalue weighted by Crippen LogP contribution is -2.36. The third kappa shape index (κ3) is 3.71. The highest BCUT2D eigenvalue weighted by atomic mass is 32.2. The molecule has 1 fully saturated rings. The zero-order valence-electron chi connectivity index (χ0n) is 17.7. The molecule has 0 saturated carbocycles. The summed E-state index contributed by atoms with van der Waals surface area (Å²) in [5.41, 5.74) is 4.02. The first-order valence-corrected chi connectivity index (χ1v) is 12.1. The monoisotopic (exact) mass is 450 g/mol. The molecule has 32 heavy (non-hydrogen) atoms. The Balaban J connectivity index is 1.78. The van der Waals surface area contributed by atoms with E-state index in [4.69, 9.17) is 14.7 Å². The number of aryl methyl sites for hydroxylation is 1. The van der Waals surface area contributed by atoms with Gasteiger partial charge >= 0.3 is 0 Å². The number of pyridine rings is 3. The van der Waals surface area contributed by atoms with Crippen LogP contribution in [-0.2, 0) is 14.6 Å². The molecular weight excluding hydrogens is 428 g/mol. The van der Waals surface area contributed by atoms with E-state index in [-0.39, 0.29) is 5.03 Å². The topological polar surface area (TPSA) is 114 Å². The van der Waals surface area contributed by atoms with Gasteiger partial charge in [-0.15, -0.1) is 0 Å². The Morgan fingerprint density at radius 1 is 1.09 bits per heavy atom. The van der Waals surface area contributed by atoms with Gasteiger partial charge < -0.3 is 9.64 Å². The van der Waals surface area contributed by atoms with E-state index < -0.39 is 9.84 Å². The predicted octanol–water partition coefficient (Wildman–Crippen LogP) is 2.63. The van der Waals surface area contributed by atoms with Gasteiger partial charge in [-0.05, 0) is 42.8 Å². The number of sulfone groups is 1. The number of rotatable bonds is 4. The highest BCUT2D eigenvalue weighted by molar-refractivity contribution is 7.90. The second-order valence-corrected chi connectivity index (χ2v) is 9.68. The Morgan fingerprint density at radius 3 is 2.62 bits per heavy atom. The third-order valence-electron chi connectivity index (χ3n) is 5.48. The van der Waals surface area contributed by atoms with E-state index in [0.717, 1.165) is 41.6 Å². The lowest BCUT2D eigenvalue weighted by Gasteiger charge is -2.28. The van der Waals surface area contributed by atoms with Crippen molar-refractivity contribution < 1.29 is 13.2 Å². The van der Waals surface area contributed by atoms with Crippen molar-refractivity contribution in [2.24, 2.45) is 0 Å². The minimum atomic E-state index is -3.54. The number of aromatic nitrogens is 5. The summed E-state index contributed by atoms with van der Waals surface area (Å²) in [7, 11) is -3.54. The molecule has 5 rings (SSSR count). The van der Waals surface area contributed by atoms with Crippen molar-refractivity contribution >= 4 is 26.6 Å². The Bertz CT molecular complexity index is 1400. The van der Waals surface area contributed by atoms with Crippen molar-refractivity contribution in [3.8, 4) is 22.6 Å². The van der Waals surface area contributed by atoms with Crippen LogP contribution in [0.15, 0.2) is 47.8 Å². The maximum absolute atomic E-state index is 12.4. The van der Waals surface area contributed by atoms with Crippen LogP contribution < -0.4 is 4.90 Å². The van der Waals surface area contributed by atoms with Crippen molar-refractivity contribution in [2.45, 2.75) is 11.9 Å². The number of ether oxygens (including phenoxy) is 1. The molecule has 0 aliphatic carbocycles. The van der Waals surface area contributed by atoms with Gasteiger partial charge in [-0.3, -0.25) is 5.10 Å². The minimum absolute atomic E-state index is 0.00189. The van der Waals surface area contributed by atoms with Crippen molar-refractivity contribution in [3.63, 3.8) is 0 Å². The van der Waals surface area contributed by atoms with Crippen molar-refractivity contribution in [2.75, 3.05) is 37.5 Å². The average Bonchev–Trinajstić information content (AvgIpc) is 3.33. The largest absolute Gasteiger partial charge is 0.378 e. The number of nitrogens with one attached hydrogen (secondary N) is 1. The van der Waals surface area contributed by atoms with Gasteiger partial charge in [0, 0.05) is 42.7 Å². The fraction of sp³-hybridized carbons (Fsp3) is 0.273. The Hall–Kier alpha value is -3.37. The van der Waals surface area contributed by atoms with Gasteiger partial charge in [0.2, 0.25) is 0 Å². The Morgan fingerprint density at radius 2 is 1.91 bits per heavy atom. The standard InChI is InChI=1S/C22H22N6O3S/c1-14-12-19(28-8-10-31-11-9-28)26-20-16(14)13-18(25-21(20)17-5-7-24-27-17)15-4-3-6-23-22(15)32(2,29)30/h3-7,12-13H,8-11H2,1-2H3,(H,24,27). The van der Waals surface area contributed by atoms with Gasteiger partial charge in [0.25, 0.3) is 0 Å². The molecule has 1 N–H and O–H groups in total. The molecule has 0 spiro atoms. The molecular formula is C22H22N6O3S. The number of nitrogens with zero attached hydrogens (tertiary/aromatic N) is 5. The Labute approximate surface area is 185 Å². The number of aromatic amines is 1. The third-order valence-corrected chi connectivity index (χ3v) is 6.51. The number of morpholine rings is 1. The van der Waals surface area contributed by atoms with E-state index in [1.54, 1.807) is 18.3 Å². The van der Waals surface area contributed by atoms with Crippen LogP contribution in [0, 0.1) is 6.92 Å². The van der Waals surface area contributed by atoms with Crippen LogP contribution >= 0.6 is 0 Å². The van der Waals surface area contributed by atoms with Crippen molar-refractivity contribution in [1.82, 2.24) is 25.1 Å². The second-order valence-electron chi connectivity index (χ2n) is 7.75. The van der Waals surface area contributed by atoms with Crippen LogP contribution in [0.25, 0.3) is 33.5 Å². The van der Waals surface area contributed by atoms with Gasteiger partial charge in [0.1, 0.15) is 17.0 Å². The second kappa shape index (κ2) is 7.95. The lowest BCUT2D eigenvalue weighted by molar-refractivity contribution is 0.122. The van der Waals surface area contributed by atoms with Crippen molar-refractivity contribution in [1.29, 1.82) is 0 Å². The first kappa shape index (κ1) is 20.5. The summed E-state index contributed by atoms with van der Waals surface area (Å²) in [6.45, 7) is 4.90. The summed E-state index contributed by atoms with van der Waals surface area (Å²) < 4.78 is 30.2. The highest BCUT2D eigenvalue weighted by Crippen LogP contribution is 2.34. The van der Waals surface area contributed by atoms with Crippen LogP contribution in [0.3, 0.4) is 0 Å². The molecule has 1 aliphatic rings. The molecule has 0 bridgehead atoms. The zero-order chi connectivity index (χ0) is 22.3. The predicted molar refractivity (Wildman–Crippen MR) is 121 cm³/mol. The molecule has 4 aromatic rings. The van der Waals surface area contributed by atoms with Gasteiger partial charge in [-0.25, -0.2) is 23.4 Å². The minimum Gasteiger partial charge on any atom is -0.378 e. The SMILES string of the molecule is Cc1cc(N2CCOCC2)nc2c(-c3ccn[nH]3)nc(-c3cccnc3S(C)(=O)=O)cc12. The molecule has 1 aliphatic heterocycles. The average molecular weight is 451 g/mol. The molecule has 0 unspecified atom stereocenters. The summed E-state index contributed by atoms with van der Waals surface area (Å²) in [6.07, 6.45) is 4.27. The molecule has 0 atom stereocenters.